The minimum absolute atomic E-state index is 0.0224. The smallest absolute Gasteiger partial charge is 0.332 e. The summed E-state index contributed by atoms with van der Waals surface area (Å²) in [5.41, 5.74) is 0.172. The van der Waals surface area contributed by atoms with Crippen molar-refractivity contribution in [2.24, 2.45) is 0 Å². The van der Waals surface area contributed by atoms with Crippen LogP contribution in [0.5, 0.6) is 0 Å². The Morgan fingerprint density at radius 1 is 1.33 bits per heavy atom. The molecule has 18 heavy (non-hydrogen) atoms. The van der Waals surface area contributed by atoms with E-state index in [1.54, 1.807) is 6.92 Å². The Labute approximate surface area is 111 Å². The van der Waals surface area contributed by atoms with Crippen molar-refractivity contribution >= 4 is 23.1 Å². The van der Waals surface area contributed by atoms with Gasteiger partial charge in [-0.25, -0.2) is 4.98 Å². The highest BCUT2D eigenvalue weighted by atomic mass is 35.5. The molecule has 0 atom stereocenters. The lowest BCUT2D eigenvalue weighted by atomic mass is 10.2. The fraction of sp³-hybridized carbons (Fsp3) is 0.636. The maximum absolute atomic E-state index is 10.9. The summed E-state index contributed by atoms with van der Waals surface area (Å²) in [5.74, 6) is 0.203. The highest BCUT2D eigenvalue weighted by Gasteiger charge is 2.21. The predicted octanol–water partition coefficient (Wildman–Crippen LogP) is 3.34. The van der Waals surface area contributed by atoms with Gasteiger partial charge in [-0.2, -0.15) is 4.98 Å². The fourth-order valence-corrected chi connectivity index (χ4v) is 1.84. The zero-order chi connectivity index (χ0) is 13.5. The van der Waals surface area contributed by atoms with Crippen molar-refractivity contribution in [3.05, 3.63) is 21.1 Å². The number of nitrogens with one attached hydrogen (secondary N) is 1. The van der Waals surface area contributed by atoms with E-state index in [4.69, 9.17) is 11.6 Å². The highest BCUT2D eigenvalue weighted by Crippen LogP contribution is 2.26. The molecule has 0 radical (unpaired) electrons. The van der Waals surface area contributed by atoms with Gasteiger partial charge in [0.1, 0.15) is 5.69 Å². The Morgan fingerprint density at radius 3 is 2.67 bits per heavy atom. The lowest BCUT2D eigenvalue weighted by Crippen LogP contribution is -2.08. The SMILES string of the molecule is CCCCCCNc1nc(Cl)nc(C)c1[N+](=O)[O-]. The normalized spacial score (nSPS) is 10.4. The molecule has 100 valence electrons. The molecule has 0 aliphatic rings. The van der Waals surface area contributed by atoms with E-state index in [1.165, 1.54) is 0 Å². The van der Waals surface area contributed by atoms with Crippen LogP contribution in [0.3, 0.4) is 0 Å². The second-order valence-electron chi connectivity index (χ2n) is 4.02. The van der Waals surface area contributed by atoms with Crippen LogP contribution in [0.25, 0.3) is 0 Å². The van der Waals surface area contributed by atoms with E-state index in [1.807, 2.05) is 0 Å². The van der Waals surface area contributed by atoms with E-state index in [2.05, 4.69) is 22.2 Å². The predicted molar refractivity (Wildman–Crippen MR) is 71.1 cm³/mol. The van der Waals surface area contributed by atoms with Crippen LogP contribution >= 0.6 is 11.6 Å². The summed E-state index contributed by atoms with van der Waals surface area (Å²) in [4.78, 5) is 18.1. The van der Waals surface area contributed by atoms with Crippen molar-refractivity contribution in [1.82, 2.24) is 9.97 Å². The van der Waals surface area contributed by atoms with Crippen LogP contribution in [0.4, 0.5) is 11.5 Å². The first-order valence-electron chi connectivity index (χ1n) is 5.98. The third kappa shape index (κ3) is 4.10. The molecule has 6 nitrogen and oxygen atoms in total. The fourth-order valence-electron chi connectivity index (χ4n) is 1.63. The lowest BCUT2D eigenvalue weighted by molar-refractivity contribution is -0.385. The number of hydrogen-bond acceptors (Lipinski definition) is 5. The Morgan fingerprint density at radius 2 is 2.06 bits per heavy atom. The van der Waals surface area contributed by atoms with Crippen LogP contribution in [0.2, 0.25) is 5.28 Å². The third-order valence-electron chi connectivity index (χ3n) is 2.54. The van der Waals surface area contributed by atoms with Crippen LogP contribution in [0, 0.1) is 17.0 Å². The monoisotopic (exact) mass is 272 g/mol. The van der Waals surface area contributed by atoms with Gasteiger partial charge in [-0.05, 0) is 24.9 Å². The molecule has 1 N–H and O–H groups in total. The molecular formula is C11H17ClN4O2. The standard InChI is InChI=1S/C11H17ClN4O2/c1-3-4-5-6-7-13-10-9(16(17)18)8(2)14-11(12)15-10/h3-7H2,1-2H3,(H,13,14,15). The van der Waals surface area contributed by atoms with Crippen LogP contribution in [-0.2, 0) is 0 Å². The van der Waals surface area contributed by atoms with Crippen LogP contribution in [-0.4, -0.2) is 21.4 Å². The van der Waals surface area contributed by atoms with E-state index in [0.29, 0.717) is 6.54 Å². The van der Waals surface area contributed by atoms with Gasteiger partial charge in [-0.3, -0.25) is 10.1 Å². The molecule has 0 spiro atoms. The topological polar surface area (TPSA) is 81.0 Å². The van der Waals surface area contributed by atoms with Crippen molar-refractivity contribution in [1.29, 1.82) is 0 Å². The Kier molecular flexibility index (Phi) is 5.77. The molecule has 0 fully saturated rings. The zero-order valence-electron chi connectivity index (χ0n) is 10.6. The molecule has 7 heteroatoms. The third-order valence-corrected chi connectivity index (χ3v) is 2.71. The summed E-state index contributed by atoms with van der Waals surface area (Å²) in [5, 5.41) is 13.9. The number of unbranched alkanes of at least 4 members (excludes halogenated alkanes) is 3. The second-order valence-corrected chi connectivity index (χ2v) is 4.36. The van der Waals surface area contributed by atoms with Crippen molar-refractivity contribution in [2.45, 2.75) is 39.5 Å². The average molecular weight is 273 g/mol. The van der Waals surface area contributed by atoms with Crippen LogP contribution in [0.1, 0.15) is 38.3 Å². The van der Waals surface area contributed by atoms with E-state index < -0.39 is 4.92 Å². The van der Waals surface area contributed by atoms with Gasteiger partial charge in [0.05, 0.1) is 4.92 Å². The molecule has 1 heterocycles. The number of hydrogen-bond donors (Lipinski definition) is 1. The van der Waals surface area contributed by atoms with Crippen molar-refractivity contribution in [3.63, 3.8) is 0 Å². The Bertz CT molecular complexity index is 426. The first kappa shape index (κ1) is 14.6. The molecule has 0 bridgehead atoms. The first-order chi connectivity index (χ1) is 8.56. The molecular weight excluding hydrogens is 256 g/mol. The summed E-state index contributed by atoms with van der Waals surface area (Å²) < 4.78 is 0. The molecule has 0 saturated carbocycles. The van der Waals surface area contributed by atoms with Crippen LogP contribution in [0.15, 0.2) is 0 Å². The van der Waals surface area contributed by atoms with E-state index in [-0.39, 0.29) is 22.5 Å². The Balaban J connectivity index is 2.71. The summed E-state index contributed by atoms with van der Waals surface area (Å²) in [7, 11) is 0. The summed E-state index contributed by atoms with van der Waals surface area (Å²) in [6.45, 7) is 4.33. The van der Waals surface area contributed by atoms with Gasteiger partial charge in [0.25, 0.3) is 0 Å². The van der Waals surface area contributed by atoms with E-state index in [9.17, 15) is 10.1 Å². The quantitative estimate of drug-likeness (QED) is 0.356. The zero-order valence-corrected chi connectivity index (χ0v) is 11.3. The number of anilines is 1. The molecule has 0 amide bonds. The molecule has 1 rings (SSSR count). The van der Waals surface area contributed by atoms with Gasteiger partial charge in [0, 0.05) is 6.54 Å². The summed E-state index contributed by atoms with van der Waals surface area (Å²) >= 11 is 5.70. The lowest BCUT2D eigenvalue weighted by Gasteiger charge is -2.07. The van der Waals surface area contributed by atoms with Gasteiger partial charge in [0.2, 0.25) is 11.1 Å². The second kappa shape index (κ2) is 7.10. The van der Waals surface area contributed by atoms with Gasteiger partial charge in [0.15, 0.2) is 0 Å². The number of nitrogens with zero attached hydrogens (tertiary/aromatic N) is 3. The van der Waals surface area contributed by atoms with Crippen molar-refractivity contribution in [2.75, 3.05) is 11.9 Å². The minimum Gasteiger partial charge on any atom is -0.364 e. The van der Waals surface area contributed by atoms with Crippen molar-refractivity contribution < 1.29 is 4.92 Å². The molecule has 0 aliphatic heterocycles. The number of aryl methyl sites for hydroxylation is 1. The van der Waals surface area contributed by atoms with Gasteiger partial charge >= 0.3 is 5.69 Å². The molecule has 0 aromatic carbocycles. The Hall–Kier alpha value is -1.43. The molecule has 1 aromatic heterocycles. The average Bonchev–Trinajstić information content (AvgIpc) is 2.27. The number of rotatable bonds is 7. The molecule has 0 unspecified atom stereocenters. The largest absolute Gasteiger partial charge is 0.364 e. The van der Waals surface area contributed by atoms with E-state index >= 15 is 0 Å². The van der Waals surface area contributed by atoms with Crippen molar-refractivity contribution in [3.8, 4) is 0 Å². The number of nitro groups is 1. The van der Waals surface area contributed by atoms with Crippen LogP contribution < -0.4 is 5.32 Å². The summed E-state index contributed by atoms with van der Waals surface area (Å²) in [6, 6.07) is 0. The summed E-state index contributed by atoms with van der Waals surface area (Å²) in [6.07, 6.45) is 4.35. The van der Waals surface area contributed by atoms with Gasteiger partial charge < -0.3 is 5.32 Å². The molecule has 0 aliphatic carbocycles. The molecule has 1 aromatic rings. The first-order valence-corrected chi connectivity index (χ1v) is 6.36. The minimum atomic E-state index is -0.486. The van der Waals surface area contributed by atoms with Gasteiger partial charge in [-0.15, -0.1) is 0 Å². The van der Waals surface area contributed by atoms with Gasteiger partial charge in [-0.1, -0.05) is 26.2 Å². The number of halogens is 1. The maximum atomic E-state index is 10.9. The highest BCUT2D eigenvalue weighted by molar-refractivity contribution is 6.28. The van der Waals surface area contributed by atoms with E-state index in [0.717, 1.165) is 25.7 Å². The number of aromatic nitrogens is 2. The maximum Gasteiger partial charge on any atom is 0.332 e. The molecule has 0 saturated heterocycles.